The third-order valence-electron chi connectivity index (χ3n) is 3.18. The lowest BCUT2D eigenvalue weighted by atomic mass is 10.1. The number of phenols is 1. The van der Waals surface area contributed by atoms with E-state index in [2.05, 4.69) is 21.2 Å². The molecule has 2 aromatic carbocycles. The molecule has 0 unspecified atom stereocenters. The zero-order valence-electron chi connectivity index (χ0n) is 11.6. The first-order valence-corrected chi connectivity index (χ1v) is 7.35. The number of aryl methyl sites for hydroxylation is 1. The van der Waals surface area contributed by atoms with E-state index < -0.39 is 6.04 Å². The Balaban J connectivity index is 2.00. The van der Waals surface area contributed by atoms with Gasteiger partial charge in [-0.25, -0.2) is 0 Å². The van der Waals surface area contributed by atoms with E-state index >= 15 is 0 Å². The lowest BCUT2D eigenvalue weighted by Crippen LogP contribution is -2.37. The quantitative estimate of drug-likeness (QED) is 0.794. The van der Waals surface area contributed by atoms with Gasteiger partial charge in [0, 0.05) is 10.2 Å². The lowest BCUT2D eigenvalue weighted by Gasteiger charge is -2.14. The minimum absolute atomic E-state index is 0.197. The number of hydrogen-bond donors (Lipinski definition) is 3. The summed E-state index contributed by atoms with van der Waals surface area (Å²) < 4.78 is 0.964. The van der Waals surface area contributed by atoms with Crippen LogP contribution in [0.25, 0.3) is 0 Å². The number of anilines is 1. The van der Waals surface area contributed by atoms with Gasteiger partial charge in [0.1, 0.15) is 5.75 Å². The minimum Gasteiger partial charge on any atom is -0.508 e. The molecule has 2 aromatic rings. The molecule has 0 heterocycles. The summed E-state index contributed by atoms with van der Waals surface area (Å²) in [6.07, 6.45) is 0.418. The van der Waals surface area contributed by atoms with E-state index in [1.165, 1.54) is 0 Å². The zero-order valence-corrected chi connectivity index (χ0v) is 13.2. The van der Waals surface area contributed by atoms with Crippen LogP contribution in [-0.2, 0) is 11.2 Å². The van der Waals surface area contributed by atoms with E-state index in [1.54, 1.807) is 24.3 Å². The molecule has 5 heteroatoms. The molecule has 0 aliphatic carbocycles. The molecule has 0 spiro atoms. The van der Waals surface area contributed by atoms with Gasteiger partial charge in [0.05, 0.1) is 6.04 Å². The maximum atomic E-state index is 12.1. The second-order valence-electron chi connectivity index (χ2n) is 4.93. The van der Waals surface area contributed by atoms with Crippen LogP contribution in [0.2, 0.25) is 0 Å². The van der Waals surface area contributed by atoms with Crippen molar-refractivity contribution in [3.63, 3.8) is 0 Å². The SMILES string of the molecule is Cc1cc(Br)ccc1NC(=O)[C@H](N)Cc1ccc(O)cc1. The number of carbonyl (C=O) groups excluding carboxylic acids is 1. The van der Waals surface area contributed by atoms with Crippen LogP contribution in [0.1, 0.15) is 11.1 Å². The highest BCUT2D eigenvalue weighted by molar-refractivity contribution is 9.10. The average Bonchev–Trinajstić information content (AvgIpc) is 2.44. The number of halogens is 1. The predicted molar refractivity (Wildman–Crippen MR) is 87.3 cm³/mol. The van der Waals surface area contributed by atoms with Gasteiger partial charge in [-0.05, 0) is 54.8 Å². The highest BCUT2D eigenvalue weighted by Gasteiger charge is 2.15. The number of rotatable bonds is 4. The molecule has 0 saturated carbocycles. The van der Waals surface area contributed by atoms with Crippen LogP contribution in [-0.4, -0.2) is 17.1 Å². The largest absolute Gasteiger partial charge is 0.508 e. The van der Waals surface area contributed by atoms with E-state index in [1.807, 2.05) is 25.1 Å². The molecule has 1 atom stereocenters. The fraction of sp³-hybridized carbons (Fsp3) is 0.188. The summed E-state index contributed by atoms with van der Waals surface area (Å²) in [4.78, 5) is 12.1. The first kappa shape index (κ1) is 15.5. The monoisotopic (exact) mass is 348 g/mol. The predicted octanol–water partition coefficient (Wildman–Crippen LogP) is 2.97. The van der Waals surface area contributed by atoms with Gasteiger partial charge in [-0.15, -0.1) is 0 Å². The van der Waals surface area contributed by atoms with Gasteiger partial charge in [0.2, 0.25) is 5.91 Å². The second kappa shape index (κ2) is 6.74. The molecule has 4 nitrogen and oxygen atoms in total. The average molecular weight is 349 g/mol. The van der Waals surface area contributed by atoms with Crippen molar-refractivity contribution in [2.24, 2.45) is 5.73 Å². The third kappa shape index (κ3) is 4.31. The number of nitrogens with two attached hydrogens (primary N) is 1. The van der Waals surface area contributed by atoms with E-state index in [0.717, 1.165) is 21.3 Å². The number of carbonyl (C=O) groups is 1. The van der Waals surface area contributed by atoms with Crippen LogP contribution in [0.5, 0.6) is 5.75 Å². The Morgan fingerprint density at radius 2 is 1.95 bits per heavy atom. The van der Waals surface area contributed by atoms with Crippen LogP contribution in [0.3, 0.4) is 0 Å². The molecule has 21 heavy (non-hydrogen) atoms. The molecular formula is C16H17BrN2O2. The van der Waals surface area contributed by atoms with Crippen LogP contribution in [0, 0.1) is 6.92 Å². The third-order valence-corrected chi connectivity index (χ3v) is 3.67. The second-order valence-corrected chi connectivity index (χ2v) is 5.84. The standard InChI is InChI=1S/C16H17BrN2O2/c1-10-8-12(17)4-7-15(10)19-16(21)14(18)9-11-2-5-13(20)6-3-11/h2-8,14,20H,9,18H2,1H3,(H,19,21)/t14-/m1/s1. The summed E-state index contributed by atoms with van der Waals surface area (Å²) in [5, 5.41) is 12.1. The van der Waals surface area contributed by atoms with Gasteiger partial charge in [0.25, 0.3) is 0 Å². The van der Waals surface area contributed by atoms with Crippen LogP contribution in [0.4, 0.5) is 5.69 Å². The van der Waals surface area contributed by atoms with Crippen molar-refractivity contribution in [3.05, 3.63) is 58.1 Å². The van der Waals surface area contributed by atoms with E-state index in [9.17, 15) is 9.90 Å². The summed E-state index contributed by atoms with van der Waals surface area (Å²) in [5.41, 5.74) is 8.56. The lowest BCUT2D eigenvalue weighted by molar-refractivity contribution is -0.117. The van der Waals surface area contributed by atoms with Crippen molar-refractivity contribution in [1.29, 1.82) is 0 Å². The molecule has 0 aliphatic rings. The van der Waals surface area contributed by atoms with E-state index in [-0.39, 0.29) is 11.7 Å². The highest BCUT2D eigenvalue weighted by Crippen LogP contribution is 2.20. The minimum atomic E-state index is -0.641. The van der Waals surface area contributed by atoms with E-state index in [0.29, 0.717) is 6.42 Å². The number of amides is 1. The molecule has 4 N–H and O–H groups in total. The topological polar surface area (TPSA) is 75.4 Å². The fourth-order valence-corrected chi connectivity index (χ4v) is 2.45. The van der Waals surface area contributed by atoms with Crippen LogP contribution < -0.4 is 11.1 Å². The molecule has 1 amide bonds. The summed E-state index contributed by atoms with van der Waals surface area (Å²) in [6, 6.07) is 11.7. The Kier molecular flexibility index (Phi) is 4.98. The summed E-state index contributed by atoms with van der Waals surface area (Å²) in [7, 11) is 0. The number of hydrogen-bond acceptors (Lipinski definition) is 3. The molecule has 110 valence electrons. The molecule has 0 aromatic heterocycles. The van der Waals surface area contributed by atoms with Crippen LogP contribution in [0.15, 0.2) is 46.9 Å². The molecule has 0 bridgehead atoms. The maximum Gasteiger partial charge on any atom is 0.241 e. The molecule has 0 fully saturated rings. The smallest absolute Gasteiger partial charge is 0.241 e. The number of nitrogens with one attached hydrogen (secondary N) is 1. The van der Waals surface area contributed by atoms with Gasteiger partial charge in [-0.1, -0.05) is 28.1 Å². The van der Waals surface area contributed by atoms with Crippen molar-refractivity contribution in [2.75, 3.05) is 5.32 Å². The van der Waals surface area contributed by atoms with E-state index in [4.69, 9.17) is 5.73 Å². The Morgan fingerprint density at radius 3 is 2.57 bits per heavy atom. The first-order chi connectivity index (χ1) is 9.95. The normalized spacial score (nSPS) is 12.0. The Morgan fingerprint density at radius 1 is 1.29 bits per heavy atom. The van der Waals surface area contributed by atoms with Crippen molar-refractivity contribution in [3.8, 4) is 5.75 Å². The molecule has 0 radical (unpaired) electrons. The Hall–Kier alpha value is -1.85. The summed E-state index contributed by atoms with van der Waals surface area (Å²) in [6.45, 7) is 1.92. The van der Waals surface area contributed by atoms with Crippen LogP contribution >= 0.6 is 15.9 Å². The summed E-state index contributed by atoms with van der Waals surface area (Å²) >= 11 is 3.38. The fourth-order valence-electron chi connectivity index (χ4n) is 1.97. The molecular weight excluding hydrogens is 332 g/mol. The van der Waals surface area contributed by atoms with Gasteiger partial charge < -0.3 is 16.2 Å². The zero-order chi connectivity index (χ0) is 15.4. The van der Waals surface area contributed by atoms with Gasteiger partial charge >= 0.3 is 0 Å². The Labute approximate surface area is 132 Å². The van der Waals surface area contributed by atoms with Gasteiger partial charge in [-0.3, -0.25) is 4.79 Å². The molecule has 2 rings (SSSR count). The van der Waals surface area contributed by atoms with Crippen molar-refractivity contribution in [1.82, 2.24) is 0 Å². The number of benzene rings is 2. The first-order valence-electron chi connectivity index (χ1n) is 6.56. The maximum absolute atomic E-state index is 12.1. The summed E-state index contributed by atoms with van der Waals surface area (Å²) in [5.74, 6) is -0.0317. The Bertz CT molecular complexity index is 641. The van der Waals surface area contributed by atoms with Crippen molar-refractivity contribution >= 4 is 27.5 Å². The number of aromatic hydroxyl groups is 1. The molecule has 0 aliphatic heterocycles. The van der Waals surface area contributed by atoms with Crippen molar-refractivity contribution < 1.29 is 9.90 Å². The van der Waals surface area contributed by atoms with Crippen molar-refractivity contribution in [2.45, 2.75) is 19.4 Å². The molecule has 0 saturated heterocycles. The van der Waals surface area contributed by atoms with Gasteiger partial charge in [0.15, 0.2) is 0 Å². The highest BCUT2D eigenvalue weighted by atomic mass is 79.9. The number of phenolic OH excluding ortho intramolecular Hbond substituents is 1. The van der Waals surface area contributed by atoms with Gasteiger partial charge in [-0.2, -0.15) is 0 Å².